The van der Waals surface area contributed by atoms with Gasteiger partial charge in [-0.15, -0.1) is 22.7 Å². The molecule has 0 aliphatic heterocycles. The van der Waals surface area contributed by atoms with Crippen molar-refractivity contribution in [3.63, 3.8) is 0 Å². The van der Waals surface area contributed by atoms with E-state index in [4.69, 9.17) is 17.7 Å². The number of hydrogen-bond donors (Lipinski definition) is 0. The number of hydrogen-bond acceptors (Lipinski definition) is 10. The van der Waals surface area contributed by atoms with Gasteiger partial charge in [-0.2, -0.15) is 0 Å². The summed E-state index contributed by atoms with van der Waals surface area (Å²) in [7, 11) is 0. The summed E-state index contributed by atoms with van der Waals surface area (Å²) in [6.07, 6.45) is 11.1. The molecule has 10 heterocycles. The predicted molar refractivity (Wildman–Crippen MR) is 500 cm³/mol. The molecule has 0 saturated heterocycles. The first-order valence-electron chi connectivity index (χ1n) is 40.1. The predicted octanol–water partition coefficient (Wildman–Crippen LogP) is 31.6. The van der Waals surface area contributed by atoms with Crippen LogP contribution < -0.4 is 0 Å². The summed E-state index contributed by atoms with van der Waals surface area (Å²) < 4.78 is 31.7. The minimum absolute atomic E-state index is 0.841. The molecule has 120 heavy (non-hydrogen) atoms. The van der Waals surface area contributed by atoms with E-state index < -0.39 is 0 Å². The molecule has 0 fully saturated rings. The lowest BCUT2D eigenvalue weighted by Gasteiger charge is -2.10. The monoisotopic (exact) mass is 1570 g/mol. The van der Waals surface area contributed by atoms with Crippen LogP contribution in [0, 0.1) is 0 Å². The number of nitrogens with zero attached hydrogens (tertiary/aromatic N) is 4. The van der Waals surface area contributed by atoms with E-state index in [1.54, 1.807) is 0 Å². The number of benzene rings is 15. The van der Waals surface area contributed by atoms with E-state index in [2.05, 4.69) is 299 Å². The molecule has 25 rings (SSSR count). The average molecular weight is 1570 g/mol. The molecule has 0 aliphatic carbocycles. The third-order valence-electron chi connectivity index (χ3n) is 23.2. The lowest BCUT2D eigenvalue weighted by Crippen LogP contribution is -1.89. The molecule has 0 unspecified atom stereocenters. The van der Waals surface area contributed by atoms with Gasteiger partial charge in [0.2, 0.25) is 0 Å². The van der Waals surface area contributed by atoms with Crippen LogP contribution in [0.25, 0.3) is 240 Å². The minimum atomic E-state index is 0.841. The number of furan rings is 4. The van der Waals surface area contributed by atoms with Gasteiger partial charge in [-0.05, 0) is 130 Å². The van der Waals surface area contributed by atoms with Gasteiger partial charge in [0.25, 0.3) is 0 Å². The maximum Gasteiger partial charge on any atom is 0.143 e. The number of rotatable bonds is 10. The van der Waals surface area contributed by atoms with Gasteiger partial charge in [0, 0.05) is 182 Å². The summed E-state index contributed by atoms with van der Waals surface area (Å²) in [4.78, 5) is 17.8. The summed E-state index contributed by atoms with van der Waals surface area (Å²) >= 11 is 3.72. The maximum atomic E-state index is 6.86. The quantitative estimate of drug-likeness (QED) is 0.133. The number of para-hydroxylation sites is 8. The minimum Gasteiger partial charge on any atom is -0.455 e. The van der Waals surface area contributed by atoms with Crippen molar-refractivity contribution in [2.75, 3.05) is 0 Å². The van der Waals surface area contributed by atoms with E-state index in [0.29, 0.717) is 0 Å². The number of aromatic nitrogens is 4. The zero-order chi connectivity index (χ0) is 79.1. The van der Waals surface area contributed by atoms with Crippen molar-refractivity contribution in [3.8, 4) is 112 Å². The molecule has 0 saturated carbocycles. The van der Waals surface area contributed by atoms with Crippen LogP contribution in [0.4, 0.5) is 0 Å². The van der Waals surface area contributed by atoms with E-state index in [1.165, 1.54) is 68.2 Å². The maximum absolute atomic E-state index is 6.86. The Bertz CT molecular complexity index is 7940. The van der Waals surface area contributed by atoms with Crippen LogP contribution in [0.1, 0.15) is 0 Å². The fourth-order valence-electron chi connectivity index (χ4n) is 17.6. The fraction of sp³-hybridized carbons (Fsp3) is 0. The standard InChI is InChI=1S/C40H24N2O2.2C35H21NOS/c1-2-19-37-29(10-1)30-12-8-14-32(39(30)43-37)34-16-9-15-33-31-13-7-11-28(38(31)44-40(33)34)25-22-26(35-17-3-5-20-41-35)24-27(23-25)36-18-4-6-21-42-36;1-2-18-32-26(11-1)27-13-5-14-28(33(27)37-32)29-15-6-17-31-30-16-4-12-25(34(30)38-35(29)31)23-9-3-8-22(20-23)24-10-7-19-36-21-24;1-2-16-32-26(9-1)30-14-6-15-31(35(30)38-32)29-13-5-12-28-27-11-4-10-25(33(27)37-34(28)29)24-8-3-7-23(21-24)22-17-19-36-20-18-22/h1-24H;2*1-21H. The molecule has 0 radical (unpaired) electrons. The van der Waals surface area contributed by atoms with Crippen molar-refractivity contribution in [2.45, 2.75) is 0 Å². The van der Waals surface area contributed by atoms with Gasteiger partial charge in [0.15, 0.2) is 0 Å². The Morgan fingerprint density at radius 1 is 0.183 bits per heavy atom. The lowest BCUT2D eigenvalue weighted by molar-refractivity contribution is 0.665. The Morgan fingerprint density at radius 2 is 0.533 bits per heavy atom. The molecule has 562 valence electrons. The molecule has 0 aliphatic rings. The van der Waals surface area contributed by atoms with Gasteiger partial charge in [-0.25, -0.2) is 0 Å². The van der Waals surface area contributed by atoms with E-state index >= 15 is 0 Å². The van der Waals surface area contributed by atoms with Gasteiger partial charge >= 0.3 is 0 Å². The fourth-order valence-corrected chi connectivity index (χ4v) is 20.2. The van der Waals surface area contributed by atoms with Gasteiger partial charge in [0.05, 0.1) is 11.4 Å². The Kier molecular flexibility index (Phi) is 17.1. The Balaban J connectivity index is 0.000000105. The van der Waals surface area contributed by atoms with Crippen molar-refractivity contribution in [1.82, 2.24) is 19.9 Å². The van der Waals surface area contributed by atoms with Crippen molar-refractivity contribution in [3.05, 3.63) is 401 Å². The van der Waals surface area contributed by atoms with Gasteiger partial charge in [-0.3, -0.25) is 19.9 Å². The van der Waals surface area contributed by atoms with Gasteiger partial charge in [0.1, 0.15) is 44.7 Å². The molecular weight excluding hydrogens is 1510 g/mol. The first-order chi connectivity index (χ1) is 59.5. The molecule has 0 bridgehead atoms. The summed E-state index contributed by atoms with van der Waals surface area (Å²) in [5.74, 6) is 0. The Hall–Kier alpha value is -15.5. The molecule has 0 N–H and O–H groups in total. The van der Waals surface area contributed by atoms with Crippen molar-refractivity contribution >= 4 is 151 Å². The molecule has 0 spiro atoms. The molecule has 8 nitrogen and oxygen atoms in total. The van der Waals surface area contributed by atoms with E-state index in [9.17, 15) is 0 Å². The molecule has 25 aromatic rings. The van der Waals surface area contributed by atoms with Crippen LogP contribution in [0.3, 0.4) is 0 Å². The lowest BCUT2D eigenvalue weighted by atomic mass is 9.95. The highest BCUT2D eigenvalue weighted by Gasteiger charge is 2.24. The van der Waals surface area contributed by atoms with Crippen LogP contribution in [0.5, 0.6) is 0 Å². The molecule has 15 aromatic carbocycles. The topological polar surface area (TPSA) is 104 Å². The van der Waals surface area contributed by atoms with Crippen LogP contribution in [0.15, 0.2) is 419 Å². The van der Waals surface area contributed by atoms with E-state index in [-0.39, 0.29) is 0 Å². The summed E-state index contributed by atoms with van der Waals surface area (Å²) in [5, 5.41) is 14.1. The third-order valence-corrected chi connectivity index (χ3v) is 25.7. The van der Waals surface area contributed by atoms with Crippen molar-refractivity contribution in [2.24, 2.45) is 0 Å². The number of pyridine rings is 4. The van der Waals surface area contributed by atoms with Gasteiger partial charge in [-0.1, -0.05) is 273 Å². The largest absolute Gasteiger partial charge is 0.455 e. The number of fused-ring (bicyclic) bond motifs is 18. The molecule has 10 heteroatoms. The Labute approximate surface area is 696 Å². The van der Waals surface area contributed by atoms with Crippen LogP contribution in [-0.4, -0.2) is 19.9 Å². The summed E-state index contributed by atoms with van der Waals surface area (Å²) in [5.41, 5.74) is 29.1. The average Bonchev–Trinajstić information content (AvgIpc) is 1.59. The summed E-state index contributed by atoms with van der Waals surface area (Å²) in [6.45, 7) is 0. The van der Waals surface area contributed by atoms with Crippen LogP contribution >= 0.6 is 22.7 Å². The second-order valence-corrected chi connectivity index (χ2v) is 32.2. The van der Waals surface area contributed by atoms with Crippen LogP contribution in [0.2, 0.25) is 0 Å². The number of thiophene rings is 2. The smallest absolute Gasteiger partial charge is 0.143 e. The van der Waals surface area contributed by atoms with E-state index in [1.807, 2.05) is 145 Å². The molecule has 0 atom stereocenters. The van der Waals surface area contributed by atoms with Gasteiger partial charge < -0.3 is 17.7 Å². The third kappa shape index (κ3) is 12.1. The zero-order valence-electron chi connectivity index (χ0n) is 64.3. The van der Waals surface area contributed by atoms with Crippen LogP contribution in [-0.2, 0) is 0 Å². The molecule has 0 amide bonds. The zero-order valence-corrected chi connectivity index (χ0v) is 66.0. The SMILES string of the molecule is c1cc(-c2ccncc2)cc(-c2cccc3c2oc2c(-c4cccc5c4sc4ccccc45)cccc23)c1.c1ccc(-c2cc(-c3ccccn3)cc(-c3cccc4c3oc3c(-c5cccc6c5oc5ccccc56)cccc34)c2)nc1.c1cncc(-c2cccc(-c3cccc4c3sc3c(-c5cccc6c5oc5ccccc56)cccc34)c2)c1. The highest BCUT2D eigenvalue weighted by atomic mass is 32.1. The second-order valence-electron chi connectivity index (χ2n) is 30.1. The molecular formula is C110H66N4O4S2. The first-order valence-corrected chi connectivity index (χ1v) is 41.7. The van der Waals surface area contributed by atoms with Crippen molar-refractivity contribution in [1.29, 1.82) is 0 Å². The first kappa shape index (κ1) is 70.0. The highest BCUT2D eigenvalue weighted by Crippen LogP contribution is 2.50. The van der Waals surface area contributed by atoms with Crippen molar-refractivity contribution < 1.29 is 17.7 Å². The highest BCUT2D eigenvalue weighted by molar-refractivity contribution is 7.27. The second kappa shape index (κ2) is 29.4. The Morgan fingerprint density at radius 3 is 1.05 bits per heavy atom. The normalized spacial score (nSPS) is 11.7. The summed E-state index contributed by atoms with van der Waals surface area (Å²) in [6, 6.07) is 128. The van der Waals surface area contributed by atoms with E-state index in [0.717, 1.165) is 171 Å². The molecule has 10 aromatic heterocycles.